The average molecular weight is 332 g/mol. The van der Waals surface area contributed by atoms with E-state index in [1.807, 2.05) is 0 Å². The van der Waals surface area contributed by atoms with E-state index >= 15 is 0 Å². The van der Waals surface area contributed by atoms with Crippen LogP contribution in [0.15, 0.2) is 53.4 Å². The number of nitrogens with one attached hydrogen (secondary N) is 2. The number of rotatable bonds is 5. The quantitative estimate of drug-likeness (QED) is 0.822. The molecule has 23 heavy (non-hydrogen) atoms. The molecule has 0 saturated heterocycles. The molecular formula is C16H13FN2O3S. The van der Waals surface area contributed by atoms with Gasteiger partial charge in [0.2, 0.25) is 0 Å². The van der Waals surface area contributed by atoms with E-state index in [1.165, 1.54) is 42.5 Å². The SMILES string of the molecule is C#CCNC(=O)c1ccc(S(=O)(=O)Nc2ccccc2F)cc1. The molecular weight excluding hydrogens is 319 g/mol. The van der Waals surface area contributed by atoms with Crippen molar-refractivity contribution in [3.63, 3.8) is 0 Å². The van der Waals surface area contributed by atoms with E-state index in [0.717, 1.165) is 6.07 Å². The summed E-state index contributed by atoms with van der Waals surface area (Å²) in [5, 5.41) is 2.46. The molecule has 0 bridgehead atoms. The molecule has 0 radical (unpaired) electrons. The van der Waals surface area contributed by atoms with Gasteiger partial charge >= 0.3 is 0 Å². The first kappa shape index (κ1) is 16.5. The number of anilines is 1. The minimum absolute atomic E-state index is 0.0771. The third kappa shape index (κ3) is 4.08. The summed E-state index contributed by atoms with van der Waals surface area (Å²) in [5.74, 6) is 1.18. The number of hydrogen-bond acceptors (Lipinski definition) is 3. The fourth-order valence-electron chi connectivity index (χ4n) is 1.77. The van der Waals surface area contributed by atoms with Crippen molar-refractivity contribution in [3.05, 3.63) is 59.9 Å². The summed E-state index contributed by atoms with van der Waals surface area (Å²) < 4.78 is 40.1. The molecule has 0 saturated carbocycles. The summed E-state index contributed by atoms with van der Waals surface area (Å²) in [7, 11) is -3.95. The van der Waals surface area contributed by atoms with Crippen molar-refractivity contribution in [1.29, 1.82) is 0 Å². The summed E-state index contributed by atoms with van der Waals surface area (Å²) in [5.41, 5.74) is 0.119. The normalized spacial score (nSPS) is 10.6. The molecule has 2 aromatic carbocycles. The maximum atomic E-state index is 13.5. The van der Waals surface area contributed by atoms with Gasteiger partial charge in [-0.25, -0.2) is 12.8 Å². The lowest BCUT2D eigenvalue weighted by molar-refractivity contribution is 0.0958. The summed E-state index contributed by atoms with van der Waals surface area (Å²) in [4.78, 5) is 11.6. The zero-order valence-corrected chi connectivity index (χ0v) is 12.7. The molecule has 118 valence electrons. The molecule has 5 nitrogen and oxygen atoms in total. The maximum absolute atomic E-state index is 13.5. The van der Waals surface area contributed by atoms with Gasteiger partial charge in [0.15, 0.2) is 0 Å². The molecule has 0 unspecified atom stereocenters. The Bertz CT molecular complexity index is 856. The molecule has 0 spiro atoms. The summed E-state index contributed by atoms with van der Waals surface area (Å²) in [6, 6.07) is 10.6. The van der Waals surface area contributed by atoms with Crippen molar-refractivity contribution in [1.82, 2.24) is 5.32 Å². The van der Waals surface area contributed by atoms with Crippen LogP contribution in [-0.2, 0) is 10.0 Å². The highest BCUT2D eigenvalue weighted by Gasteiger charge is 2.16. The molecule has 2 rings (SSSR count). The van der Waals surface area contributed by atoms with Gasteiger partial charge in [-0.1, -0.05) is 18.1 Å². The van der Waals surface area contributed by atoms with Crippen LogP contribution in [0.2, 0.25) is 0 Å². The predicted molar refractivity (Wildman–Crippen MR) is 84.8 cm³/mol. The number of halogens is 1. The molecule has 0 fully saturated rings. The first-order chi connectivity index (χ1) is 10.9. The van der Waals surface area contributed by atoms with Crippen LogP contribution in [0.4, 0.5) is 10.1 Å². The van der Waals surface area contributed by atoms with Crippen LogP contribution >= 0.6 is 0 Å². The standard InChI is InChI=1S/C16H13FN2O3S/c1-2-11-18-16(20)12-7-9-13(10-8-12)23(21,22)19-15-6-4-3-5-14(15)17/h1,3-10,19H,11H2,(H,18,20). The number of para-hydroxylation sites is 1. The summed E-state index contributed by atoms with van der Waals surface area (Å²) >= 11 is 0. The monoisotopic (exact) mass is 332 g/mol. The van der Waals surface area contributed by atoms with Crippen LogP contribution in [0.25, 0.3) is 0 Å². The van der Waals surface area contributed by atoms with Crippen LogP contribution in [0.3, 0.4) is 0 Å². The van der Waals surface area contributed by atoms with Gasteiger partial charge in [0, 0.05) is 5.56 Å². The zero-order chi connectivity index (χ0) is 16.9. The second-order valence-electron chi connectivity index (χ2n) is 4.50. The Balaban J connectivity index is 2.20. The number of benzene rings is 2. The average Bonchev–Trinajstić information content (AvgIpc) is 2.55. The molecule has 0 atom stereocenters. The zero-order valence-electron chi connectivity index (χ0n) is 11.9. The molecule has 0 aromatic heterocycles. The minimum atomic E-state index is -3.95. The Hall–Kier alpha value is -2.85. The van der Waals surface area contributed by atoms with Crippen molar-refractivity contribution in [3.8, 4) is 12.3 Å². The number of hydrogen-bond donors (Lipinski definition) is 2. The summed E-state index contributed by atoms with van der Waals surface area (Å²) in [6.07, 6.45) is 5.04. The number of terminal acetylenes is 1. The molecule has 7 heteroatoms. The molecule has 2 N–H and O–H groups in total. The lowest BCUT2D eigenvalue weighted by Crippen LogP contribution is -2.23. The Morgan fingerprint density at radius 3 is 2.39 bits per heavy atom. The number of amides is 1. The number of carbonyl (C=O) groups excluding carboxylic acids is 1. The fraction of sp³-hybridized carbons (Fsp3) is 0.0625. The Morgan fingerprint density at radius 2 is 1.78 bits per heavy atom. The molecule has 0 aliphatic rings. The van der Waals surface area contributed by atoms with Crippen molar-refractivity contribution >= 4 is 21.6 Å². The topological polar surface area (TPSA) is 75.3 Å². The van der Waals surface area contributed by atoms with E-state index in [4.69, 9.17) is 6.42 Å². The second kappa shape index (κ2) is 6.94. The van der Waals surface area contributed by atoms with Crippen LogP contribution in [-0.4, -0.2) is 20.9 Å². The van der Waals surface area contributed by atoms with Crippen molar-refractivity contribution in [2.45, 2.75) is 4.90 Å². The third-order valence-electron chi connectivity index (χ3n) is 2.90. The largest absolute Gasteiger partial charge is 0.341 e. The first-order valence-corrected chi connectivity index (χ1v) is 8.01. The van der Waals surface area contributed by atoms with Gasteiger partial charge in [0.25, 0.3) is 15.9 Å². The maximum Gasteiger partial charge on any atom is 0.261 e. The molecule has 0 aliphatic carbocycles. The minimum Gasteiger partial charge on any atom is -0.341 e. The second-order valence-corrected chi connectivity index (χ2v) is 6.18. The highest BCUT2D eigenvalue weighted by atomic mass is 32.2. The number of sulfonamides is 1. The van der Waals surface area contributed by atoms with Gasteiger partial charge in [-0.3, -0.25) is 9.52 Å². The van der Waals surface area contributed by atoms with Gasteiger partial charge in [-0.15, -0.1) is 6.42 Å². The Kier molecular flexibility index (Phi) is 4.98. The Labute approximate surface area is 133 Å². The highest BCUT2D eigenvalue weighted by molar-refractivity contribution is 7.92. The summed E-state index contributed by atoms with van der Waals surface area (Å²) in [6.45, 7) is 0.0771. The van der Waals surface area contributed by atoms with Gasteiger partial charge < -0.3 is 5.32 Å². The predicted octanol–water partition coefficient (Wildman–Crippen LogP) is 1.99. The van der Waals surface area contributed by atoms with Gasteiger partial charge in [-0.2, -0.15) is 0 Å². The lowest BCUT2D eigenvalue weighted by atomic mass is 10.2. The molecule has 2 aromatic rings. The van der Waals surface area contributed by atoms with Crippen molar-refractivity contribution in [2.75, 3.05) is 11.3 Å². The first-order valence-electron chi connectivity index (χ1n) is 6.53. The van der Waals surface area contributed by atoms with Crippen molar-refractivity contribution in [2.24, 2.45) is 0 Å². The van der Waals surface area contributed by atoms with E-state index in [9.17, 15) is 17.6 Å². The van der Waals surface area contributed by atoms with Gasteiger partial charge in [0.1, 0.15) is 5.82 Å². The van der Waals surface area contributed by atoms with E-state index in [-0.39, 0.29) is 22.7 Å². The smallest absolute Gasteiger partial charge is 0.261 e. The Morgan fingerprint density at radius 1 is 1.13 bits per heavy atom. The van der Waals surface area contributed by atoms with Crippen molar-refractivity contribution < 1.29 is 17.6 Å². The molecule has 0 heterocycles. The van der Waals surface area contributed by atoms with E-state index in [0.29, 0.717) is 0 Å². The van der Waals surface area contributed by atoms with Crippen LogP contribution in [0.1, 0.15) is 10.4 Å². The van der Waals surface area contributed by atoms with Crippen LogP contribution in [0, 0.1) is 18.2 Å². The third-order valence-corrected chi connectivity index (χ3v) is 4.28. The van der Waals surface area contributed by atoms with Gasteiger partial charge in [0.05, 0.1) is 17.1 Å². The van der Waals surface area contributed by atoms with E-state index < -0.39 is 21.7 Å². The number of carbonyl (C=O) groups is 1. The van der Waals surface area contributed by atoms with Gasteiger partial charge in [-0.05, 0) is 36.4 Å². The van der Waals surface area contributed by atoms with E-state index in [2.05, 4.69) is 16.0 Å². The van der Waals surface area contributed by atoms with Crippen LogP contribution < -0.4 is 10.0 Å². The molecule has 1 amide bonds. The van der Waals surface area contributed by atoms with E-state index in [1.54, 1.807) is 0 Å². The lowest BCUT2D eigenvalue weighted by Gasteiger charge is -2.09. The fourth-order valence-corrected chi connectivity index (χ4v) is 2.83. The van der Waals surface area contributed by atoms with Crippen LogP contribution in [0.5, 0.6) is 0 Å². The molecule has 0 aliphatic heterocycles. The highest BCUT2D eigenvalue weighted by Crippen LogP contribution is 2.19.